The first-order valence-electron chi connectivity index (χ1n) is 16.0. The predicted octanol–water partition coefficient (Wildman–Crippen LogP) is 9.40. The highest BCUT2D eigenvalue weighted by Gasteiger charge is 2.58. The van der Waals surface area contributed by atoms with E-state index < -0.39 is 0 Å². The van der Waals surface area contributed by atoms with Crippen LogP contribution in [-0.2, 0) is 6.42 Å². The van der Waals surface area contributed by atoms with Crippen molar-refractivity contribution in [2.45, 2.75) is 52.1 Å². The quantitative estimate of drug-likeness (QED) is 0.201. The molecule has 4 unspecified atom stereocenters. The molecule has 4 aromatic rings. The highest BCUT2D eigenvalue weighted by atomic mass is 16.5. The number of rotatable bonds is 3. The minimum absolute atomic E-state index is 0.0144. The Morgan fingerprint density at radius 1 is 0.907 bits per heavy atom. The highest BCUT2D eigenvalue weighted by Crippen LogP contribution is 2.63. The summed E-state index contributed by atoms with van der Waals surface area (Å²) >= 11 is 0. The molecule has 4 atom stereocenters. The van der Waals surface area contributed by atoms with E-state index in [1.165, 1.54) is 61.5 Å². The first-order valence-corrected chi connectivity index (χ1v) is 16.0. The van der Waals surface area contributed by atoms with Crippen LogP contribution in [0.3, 0.4) is 0 Å². The van der Waals surface area contributed by atoms with Gasteiger partial charge >= 0.3 is 0 Å². The molecule has 3 aliphatic carbocycles. The fourth-order valence-electron chi connectivity index (χ4n) is 8.23. The fourth-order valence-corrected chi connectivity index (χ4v) is 8.23. The lowest BCUT2D eigenvalue weighted by molar-refractivity contribution is -0.563. The first kappa shape index (κ1) is 25.1. The van der Waals surface area contributed by atoms with Gasteiger partial charge in [-0.05, 0) is 76.8 Å². The molecule has 1 saturated carbocycles. The molecule has 0 saturated heterocycles. The fraction of sp³-hybridized carbons (Fsp3) is 0.244. The van der Waals surface area contributed by atoms with Crippen molar-refractivity contribution in [1.82, 2.24) is 0 Å². The summed E-state index contributed by atoms with van der Waals surface area (Å²) in [5.74, 6) is 1.83. The second-order valence-electron chi connectivity index (χ2n) is 13.1. The van der Waals surface area contributed by atoms with Gasteiger partial charge in [0.05, 0.1) is 11.1 Å². The van der Waals surface area contributed by atoms with Crippen LogP contribution < -0.4 is 9.30 Å². The van der Waals surface area contributed by atoms with E-state index in [-0.39, 0.29) is 17.4 Å². The van der Waals surface area contributed by atoms with Crippen molar-refractivity contribution < 1.29 is 9.30 Å². The van der Waals surface area contributed by atoms with Crippen LogP contribution in [0.25, 0.3) is 39.7 Å². The number of hydrogen-bond donors (Lipinski definition) is 0. The van der Waals surface area contributed by atoms with Gasteiger partial charge < -0.3 is 4.74 Å². The molecule has 1 aromatic heterocycles. The topological polar surface area (TPSA) is 13.1 Å². The summed E-state index contributed by atoms with van der Waals surface area (Å²) in [7, 11) is 0. The molecule has 0 spiro atoms. The number of allylic oxidation sites excluding steroid dienone is 4. The Morgan fingerprint density at radius 2 is 1.79 bits per heavy atom. The summed E-state index contributed by atoms with van der Waals surface area (Å²) in [5, 5.41) is 0. The maximum atomic E-state index is 6.80. The summed E-state index contributed by atoms with van der Waals surface area (Å²) in [6.45, 7) is 7.16. The monoisotopic (exact) mass is 558 g/mol. The Morgan fingerprint density at radius 3 is 2.63 bits per heavy atom. The molecule has 0 amide bonds. The van der Waals surface area contributed by atoms with E-state index >= 15 is 0 Å². The molecule has 0 bridgehead atoms. The summed E-state index contributed by atoms with van der Waals surface area (Å²) in [5.41, 5.74) is 16.3. The van der Waals surface area contributed by atoms with E-state index in [2.05, 4.69) is 135 Å². The smallest absolute Gasteiger partial charge is 0.219 e. The third-order valence-corrected chi connectivity index (χ3v) is 11.1. The van der Waals surface area contributed by atoms with Gasteiger partial charge in [0.15, 0.2) is 6.20 Å². The van der Waals surface area contributed by atoms with Crippen molar-refractivity contribution in [3.8, 4) is 28.1 Å². The molecule has 1 fully saturated rings. The van der Waals surface area contributed by atoms with E-state index in [1.54, 1.807) is 5.57 Å². The first-order chi connectivity index (χ1) is 21.0. The van der Waals surface area contributed by atoms with E-state index in [9.17, 15) is 0 Å². The van der Waals surface area contributed by atoms with Gasteiger partial charge in [0.25, 0.3) is 0 Å². The van der Waals surface area contributed by atoms with Crippen molar-refractivity contribution in [3.63, 3.8) is 0 Å². The molecule has 3 heterocycles. The van der Waals surface area contributed by atoms with E-state index in [0.29, 0.717) is 5.92 Å². The normalized spacial score (nSPS) is 27.0. The van der Waals surface area contributed by atoms with Crippen LogP contribution >= 0.6 is 0 Å². The Bertz CT molecular complexity index is 1970. The van der Waals surface area contributed by atoms with E-state index in [0.717, 1.165) is 25.0 Å². The number of nitrogens with zero attached hydrogens (tertiary/aromatic N) is 1. The lowest BCUT2D eigenvalue weighted by Crippen LogP contribution is -2.31. The maximum absolute atomic E-state index is 6.80. The van der Waals surface area contributed by atoms with E-state index in [4.69, 9.17) is 4.74 Å². The van der Waals surface area contributed by atoms with Crippen molar-refractivity contribution in [2.75, 3.05) is 0 Å². The van der Waals surface area contributed by atoms with Crippen molar-refractivity contribution in [2.24, 2.45) is 11.3 Å². The molecule has 2 nitrogen and oxygen atoms in total. The molecular weight excluding hydrogens is 522 g/mol. The minimum Gasteiger partial charge on any atom is -0.485 e. The third kappa shape index (κ3) is 3.56. The van der Waals surface area contributed by atoms with Crippen LogP contribution in [-0.4, -0.2) is 6.10 Å². The number of hydrogen-bond acceptors (Lipinski definition) is 1. The highest BCUT2D eigenvalue weighted by molar-refractivity contribution is 5.88. The van der Waals surface area contributed by atoms with E-state index in [1.807, 2.05) is 0 Å². The van der Waals surface area contributed by atoms with Crippen molar-refractivity contribution >= 4 is 17.3 Å². The number of pyridine rings is 1. The number of benzene rings is 3. The third-order valence-electron chi connectivity index (χ3n) is 11.1. The maximum Gasteiger partial charge on any atom is 0.219 e. The number of ether oxygens (including phenoxy) is 1. The van der Waals surface area contributed by atoms with Gasteiger partial charge in [0.1, 0.15) is 11.9 Å². The Balaban J connectivity index is 1.17. The van der Waals surface area contributed by atoms with Gasteiger partial charge in [-0.2, -0.15) is 4.57 Å². The van der Waals surface area contributed by atoms with Crippen molar-refractivity contribution in [3.05, 3.63) is 137 Å². The zero-order chi connectivity index (χ0) is 28.9. The summed E-state index contributed by atoms with van der Waals surface area (Å²) < 4.78 is 9.26. The average Bonchev–Trinajstić information content (AvgIpc) is 3.30. The van der Waals surface area contributed by atoms with Gasteiger partial charge in [-0.3, -0.25) is 0 Å². The van der Waals surface area contributed by atoms with Crippen LogP contribution in [0.5, 0.6) is 5.75 Å². The van der Waals surface area contributed by atoms with Gasteiger partial charge in [-0.1, -0.05) is 93.6 Å². The molecule has 43 heavy (non-hydrogen) atoms. The summed E-state index contributed by atoms with van der Waals surface area (Å²) in [4.78, 5) is 0. The predicted molar refractivity (Wildman–Crippen MR) is 175 cm³/mol. The van der Waals surface area contributed by atoms with Crippen LogP contribution in [0.4, 0.5) is 0 Å². The number of aromatic nitrogens is 1. The van der Waals surface area contributed by atoms with Crippen LogP contribution in [0, 0.1) is 11.3 Å². The standard InChI is InChI=1S/C41H36NO/c1-4-41(3)25(2)39(41)40-35-24-38-34(23-33(35)36-21-28(19-20-42(36)40)26-11-6-5-7-12-26)32-18-17-29(22-37(32)43-38)31-16-10-14-27-13-8-9-15-30(27)31/h5-7,9-12,14-25,32,37H,4,8,13H2,1-3H3/q+1/b40-39+. The largest absolute Gasteiger partial charge is 0.485 e. The van der Waals surface area contributed by atoms with Crippen molar-refractivity contribution in [1.29, 1.82) is 0 Å². The molecular formula is C41H36NO+. The molecule has 2 heteroatoms. The summed E-state index contributed by atoms with van der Waals surface area (Å²) in [6.07, 6.45) is 17.4. The SMILES string of the molecule is CCC1(C)/C(=C2\c3cc4c(cc3-c3cc(-c5ccccc5)cc[n+]32)C2C=CC(c3cccc5c3C=CCC5)=CC2O4)C1C. The van der Waals surface area contributed by atoms with Crippen LogP contribution in [0.2, 0.25) is 0 Å². The molecule has 5 aliphatic rings. The molecule has 0 radical (unpaired) electrons. The molecule has 0 N–H and O–H groups in total. The van der Waals surface area contributed by atoms with Crippen LogP contribution in [0.1, 0.15) is 67.3 Å². The molecule has 3 aromatic carbocycles. The molecule has 9 rings (SSSR count). The number of fused-ring (bicyclic) bond motifs is 7. The Labute approximate surface area is 254 Å². The number of aryl methyl sites for hydroxylation is 1. The molecule has 210 valence electrons. The lowest BCUT2D eigenvalue weighted by Gasteiger charge is -2.21. The van der Waals surface area contributed by atoms with Gasteiger partial charge in [0, 0.05) is 34.6 Å². The second-order valence-corrected chi connectivity index (χ2v) is 13.1. The second kappa shape index (κ2) is 9.04. The van der Waals surface area contributed by atoms with Gasteiger partial charge in [0.2, 0.25) is 11.4 Å². The zero-order valence-electron chi connectivity index (χ0n) is 25.1. The average molecular weight is 559 g/mol. The Kier molecular flexibility index (Phi) is 5.27. The van der Waals surface area contributed by atoms with Crippen LogP contribution in [0.15, 0.2) is 109 Å². The Hall–Kier alpha value is -4.43. The lowest BCUT2D eigenvalue weighted by atomic mass is 9.83. The molecule has 2 aliphatic heterocycles. The van der Waals surface area contributed by atoms with Gasteiger partial charge in [-0.15, -0.1) is 0 Å². The summed E-state index contributed by atoms with van der Waals surface area (Å²) in [6, 6.07) is 26.9. The van der Waals surface area contributed by atoms with Gasteiger partial charge in [-0.25, -0.2) is 0 Å². The minimum atomic E-state index is 0.0144. The zero-order valence-corrected chi connectivity index (χ0v) is 25.1.